The van der Waals surface area contributed by atoms with E-state index in [4.69, 9.17) is 0 Å². The van der Waals surface area contributed by atoms with Crippen molar-refractivity contribution >= 4 is 22.8 Å². The molecule has 0 aliphatic carbocycles. The monoisotopic (exact) mass is 544 g/mol. The zero-order chi connectivity index (χ0) is 28.6. The van der Waals surface area contributed by atoms with Crippen LogP contribution in [0.4, 0.5) is 20.5 Å². The number of benzene rings is 1. The standard InChI is InChI=1S/C30H34F2N8/c1-6-39-11-9-30(17-33,10-12-39)19(4)21-7-8-26(34-15-21)37-29-35-16-24(32)27(38-29)22-13-23(31)28-25(14-22)40(18(2)3)20(5)36-28/h7-8,13-16,18-19H,6,9-12H2,1-5H3,(H,34,35,37,38)/t19-/m0/s1. The van der Waals surface area contributed by atoms with E-state index < -0.39 is 17.0 Å². The van der Waals surface area contributed by atoms with Crippen molar-refractivity contribution in [2.75, 3.05) is 25.0 Å². The highest BCUT2D eigenvalue weighted by atomic mass is 19.1. The number of hydrogen-bond acceptors (Lipinski definition) is 7. The Bertz CT molecular complexity index is 1560. The molecule has 1 atom stereocenters. The van der Waals surface area contributed by atoms with Crippen molar-refractivity contribution in [1.82, 2.24) is 29.4 Å². The minimum absolute atomic E-state index is 0.0212. The first kappa shape index (κ1) is 27.6. The van der Waals surface area contributed by atoms with Gasteiger partial charge in [-0.2, -0.15) is 5.26 Å². The van der Waals surface area contributed by atoms with Gasteiger partial charge < -0.3 is 14.8 Å². The molecule has 0 radical (unpaired) electrons. The van der Waals surface area contributed by atoms with Gasteiger partial charge in [0.2, 0.25) is 5.95 Å². The van der Waals surface area contributed by atoms with Crippen molar-refractivity contribution in [3.05, 3.63) is 59.7 Å². The number of nitriles is 1. The van der Waals surface area contributed by atoms with Gasteiger partial charge in [0, 0.05) is 23.7 Å². The van der Waals surface area contributed by atoms with Crippen LogP contribution in [0.1, 0.15) is 63.9 Å². The fourth-order valence-electron chi connectivity index (χ4n) is 5.77. The van der Waals surface area contributed by atoms with Gasteiger partial charge in [-0.15, -0.1) is 0 Å². The zero-order valence-corrected chi connectivity index (χ0v) is 23.5. The number of hydrogen-bond donors (Lipinski definition) is 1. The average Bonchev–Trinajstić information content (AvgIpc) is 3.30. The summed E-state index contributed by atoms with van der Waals surface area (Å²) in [6.07, 6.45) is 4.48. The van der Waals surface area contributed by atoms with Crippen LogP contribution in [0.15, 0.2) is 36.7 Å². The van der Waals surface area contributed by atoms with Crippen LogP contribution in [0.5, 0.6) is 0 Å². The summed E-state index contributed by atoms with van der Waals surface area (Å²) in [6, 6.07) is 9.38. The average molecular weight is 545 g/mol. The smallest absolute Gasteiger partial charge is 0.229 e. The topological polar surface area (TPSA) is 95.6 Å². The predicted octanol–water partition coefficient (Wildman–Crippen LogP) is 6.53. The summed E-state index contributed by atoms with van der Waals surface area (Å²) in [5.41, 5.74) is 1.66. The van der Waals surface area contributed by atoms with Gasteiger partial charge in [-0.05, 0) is 77.0 Å². The molecule has 1 fully saturated rings. The molecule has 1 N–H and O–H groups in total. The lowest BCUT2D eigenvalue weighted by molar-refractivity contribution is 0.132. The summed E-state index contributed by atoms with van der Waals surface area (Å²) in [5.74, 6) is 0.130. The van der Waals surface area contributed by atoms with Gasteiger partial charge in [0.25, 0.3) is 0 Å². The molecule has 5 rings (SSSR count). The number of anilines is 2. The second kappa shape index (κ2) is 10.9. The van der Waals surface area contributed by atoms with Crippen LogP contribution in [-0.4, -0.2) is 49.0 Å². The van der Waals surface area contributed by atoms with E-state index in [1.54, 1.807) is 18.3 Å². The number of rotatable bonds is 7. The Labute approximate surface area is 233 Å². The fourth-order valence-corrected chi connectivity index (χ4v) is 5.77. The van der Waals surface area contributed by atoms with Crippen molar-refractivity contribution in [1.29, 1.82) is 5.26 Å². The molecule has 0 bridgehead atoms. The first-order valence-corrected chi connectivity index (χ1v) is 13.7. The molecule has 1 aliphatic heterocycles. The SMILES string of the molecule is CCN1CCC(C#N)([C@@H](C)c2ccc(Nc3ncc(F)c(-c4cc(F)c5nc(C)n(C(C)C)c5c4)n3)nc2)CC1. The zero-order valence-electron chi connectivity index (χ0n) is 23.5. The van der Waals surface area contributed by atoms with Gasteiger partial charge in [0.05, 0.1) is 23.2 Å². The largest absolute Gasteiger partial charge is 0.326 e. The Balaban J connectivity index is 1.39. The number of likely N-dealkylation sites (tertiary alicyclic amines) is 1. The van der Waals surface area contributed by atoms with E-state index in [1.807, 2.05) is 31.4 Å². The van der Waals surface area contributed by atoms with Crippen LogP contribution in [0, 0.1) is 35.3 Å². The van der Waals surface area contributed by atoms with Crippen molar-refractivity contribution in [2.45, 2.75) is 59.4 Å². The van der Waals surface area contributed by atoms with E-state index in [2.05, 4.69) is 50.1 Å². The van der Waals surface area contributed by atoms with E-state index in [0.717, 1.165) is 44.2 Å². The number of pyridine rings is 1. The van der Waals surface area contributed by atoms with Gasteiger partial charge >= 0.3 is 0 Å². The minimum Gasteiger partial charge on any atom is -0.326 e. The highest BCUT2D eigenvalue weighted by Crippen LogP contribution is 2.43. The molecule has 4 heterocycles. The molecule has 3 aromatic heterocycles. The van der Waals surface area contributed by atoms with E-state index in [9.17, 15) is 9.65 Å². The molecule has 1 aliphatic rings. The molecule has 1 aromatic carbocycles. The number of imidazole rings is 1. The maximum absolute atomic E-state index is 15.0. The minimum atomic E-state index is -0.662. The Kier molecular flexibility index (Phi) is 7.51. The number of halogens is 2. The Hall–Kier alpha value is -3.97. The van der Waals surface area contributed by atoms with Crippen LogP contribution in [0.25, 0.3) is 22.3 Å². The normalized spacial score (nSPS) is 16.3. The fraction of sp³-hybridized carbons (Fsp3) is 0.433. The molecule has 10 heteroatoms. The van der Waals surface area contributed by atoms with Gasteiger partial charge in [-0.3, -0.25) is 0 Å². The summed E-state index contributed by atoms with van der Waals surface area (Å²) in [5, 5.41) is 13.1. The molecule has 1 saturated heterocycles. The first-order valence-electron chi connectivity index (χ1n) is 13.7. The third-order valence-electron chi connectivity index (χ3n) is 8.23. The highest BCUT2D eigenvalue weighted by Gasteiger charge is 2.40. The summed E-state index contributed by atoms with van der Waals surface area (Å²) in [6.45, 7) is 12.9. The molecular weight excluding hydrogens is 510 g/mol. The van der Waals surface area contributed by atoms with Crippen LogP contribution in [-0.2, 0) is 0 Å². The number of fused-ring (bicyclic) bond motifs is 1. The Morgan fingerprint density at radius 2 is 1.80 bits per heavy atom. The van der Waals surface area contributed by atoms with Crippen molar-refractivity contribution < 1.29 is 8.78 Å². The molecule has 0 unspecified atom stereocenters. The quantitative estimate of drug-likeness (QED) is 0.283. The summed E-state index contributed by atoms with van der Waals surface area (Å²) in [4.78, 5) is 19.7. The summed E-state index contributed by atoms with van der Waals surface area (Å²) in [7, 11) is 0. The van der Waals surface area contributed by atoms with E-state index in [1.165, 1.54) is 6.07 Å². The lowest BCUT2D eigenvalue weighted by Crippen LogP contribution is -2.41. The first-order chi connectivity index (χ1) is 19.2. The number of nitrogens with one attached hydrogen (secondary N) is 1. The number of aryl methyl sites for hydroxylation is 1. The third-order valence-corrected chi connectivity index (χ3v) is 8.23. The second-order valence-corrected chi connectivity index (χ2v) is 10.9. The Morgan fingerprint density at radius 1 is 1.05 bits per heavy atom. The summed E-state index contributed by atoms with van der Waals surface area (Å²) < 4.78 is 31.8. The van der Waals surface area contributed by atoms with Crippen LogP contribution in [0.3, 0.4) is 0 Å². The van der Waals surface area contributed by atoms with Crippen molar-refractivity contribution in [2.24, 2.45) is 5.41 Å². The van der Waals surface area contributed by atoms with Gasteiger partial charge in [-0.1, -0.05) is 19.9 Å². The van der Waals surface area contributed by atoms with Crippen molar-refractivity contribution in [3.8, 4) is 17.3 Å². The summed E-state index contributed by atoms with van der Waals surface area (Å²) >= 11 is 0. The van der Waals surface area contributed by atoms with Crippen LogP contribution in [0.2, 0.25) is 0 Å². The van der Waals surface area contributed by atoms with Gasteiger partial charge in [-0.25, -0.2) is 28.7 Å². The predicted molar refractivity (Wildman–Crippen MR) is 151 cm³/mol. The van der Waals surface area contributed by atoms with E-state index in [0.29, 0.717) is 22.7 Å². The maximum Gasteiger partial charge on any atom is 0.229 e. The molecule has 40 heavy (non-hydrogen) atoms. The lowest BCUT2D eigenvalue weighted by atomic mass is 9.68. The van der Waals surface area contributed by atoms with E-state index >= 15 is 4.39 Å². The number of aromatic nitrogens is 5. The van der Waals surface area contributed by atoms with Gasteiger partial charge in [0.1, 0.15) is 22.9 Å². The maximum atomic E-state index is 15.0. The highest BCUT2D eigenvalue weighted by molar-refractivity contribution is 5.83. The number of nitrogens with zero attached hydrogens (tertiary/aromatic N) is 7. The Morgan fingerprint density at radius 3 is 2.42 bits per heavy atom. The molecule has 0 saturated carbocycles. The molecule has 8 nitrogen and oxygen atoms in total. The third kappa shape index (κ3) is 5.02. The molecule has 0 spiro atoms. The lowest BCUT2D eigenvalue weighted by Gasteiger charge is -2.40. The molecule has 4 aromatic rings. The van der Waals surface area contributed by atoms with Crippen LogP contribution < -0.4 is 5.32 Å². The van der Waals surface area contributed by atoms with E-state index in [-0.39, 0.29) is 29.1 Å². The molecule has 0 amide bonds. The van der Waals surface area contributed by atoms with Crippen molar-refractivity contribution in [3.63, 3.8) is 0 Å². The molecule has 208 valence electrons. The van der Waals surface area contributed by atoms with Gasteiger partial charge in [0.15, 0.2) is 11.6 Å². The number of piperidine rings is 1. The second-order valence-electron chi connectivity index (χ2n) is 10.9. The van der Waals surface area contributed by atoms with Crippen LogP contribution >= 0.6 is 0 Å². The molecular formula is C30H34F2N8.